The number of carbonyl (C=O) groups is 2. The number of aliphatic imine (C=N–C) groups is 1. The van der Waals surface area contributed by atoms with Crippen LogP contribution >= 0.6 is 0 Å². The first kappa shape index (κ1) is 26.5. The number of nitrogens with zero attached hydrogens (tertiary/aromatic N) is 1. The highest BCUT2D eigenvalue weighted by Crippen LogP contribution is 2.40. The molecule has 1 atom stereocenters. The van der Waals surface area contributed by atoms with Gasteiger partial charge in [-0.25, -0.2) is 9.38 Å². The second-order valence-corrected chi connectivity index (χ2v) is 11.1. The zero-order chi connectivity index (χ0) is 25.9. The van der Waals surface area contributed by atoms with Gasteiger partial charge in [-0.15, -0.1) is 0 Å². The van der Waals surface area contributed by atoms with Gasteiger partial charge in [0.25, 0.3) is 5.91 Å². The second-order valence-electron chi connectivity index (χ2n) is 11.1. The maximum atomic E-state index is 14.8. The van der Waals surface area contributed by atoms with Crippen molar-refractivity contribution >= 4 is 17.5 Å². The Balaban J connectivity index is 1.47. The summed E-state index contributed by atoms with van der Waals surface area (Å²) in [6, 6.07) is 2.45. The van der Waals surface area contributed by atoms with E-state index in [0.29, 0.717) is 25.1 Å². The van der Waals surface area contributed by atoms with Crippen LogP contribution in [0.4, 0.5) is 4.39 Å². The molecule has 4 rings (SSSR count). The van der Waals surface area contributed by atoms with Crippen molar-refractivity contribution < 1.29 is 33.3 Å². The maximum Gasteiger partial charge on any atom is 0.280 e. The van der Waals surface area contributed by atoms with Crippen LogP contribution in [-0.4, -0.2) is 62.2 Å². The predicted octanol–water partition coefficient (Wildman–Crippen LogP) is 3.69. The van der Waals surface area contributed by atoms with E-state index in [0.717, 1.165) is 31.7 Å². The van der Waals surface area contributed by atoms with Gasteiger partial charge >= 0.3 is 0 Å². The van der Waals surface area contributed by atoms with Crippen molar-refractivity contribution in [3.05, 3.63) is 23.5 Å². The Hall–Kier alpha value is -2.52. The summed E-state index contributed by atoms with van der Waals surface area (Å²) in [6.45, 7) is 5.13. The van der Waals surface area contributed by atoms with Crippen molar-refractivity contribution in [1.82, 2.24) is 5.32 Å². The fraction of sp³-hybridized carbons (Fsp3) is 0.667. The van der Waals surface area contributed by atoms with Crippen LogP contribution in [0.2, 0.25) is 0 Å². The first-order chi connectivity index (χ1) is 17.1. The third-order valence-corrected chi connectivity index (χ3v) is 8.05. The molecule has 1 saturated heterocycles. The summed E-state index contributed by atoms with van der Waals surface area (Å²) < 4.78 is 31.4. The lowest BCUT2D eigenvalue weighted by molar-refractivity contribution is -0.124. The summed E-state index contributed by atoms with van der Waals surface area (Å²) in [5.74, 6) is -2.10. The Labute approximate surface area is 211 Å². The number of aliphatic hydroxyl groups is 1. The largest absolute Gasteiger partial charge is 0.496 e. The highest BCUT2D eigenvalue weighted by atomic mass is 19.1. The van der Waals surface area contributed by atoms with E-state index >= 15 is 0 Å². The van der Waals surface area contributed by atoms with Gasteiger partial charge in [-0.1, -0.05) is 20.3 Å². The lowest BCUT2D eigenvalue weighted by Crippen LogP contribution is -2.43. The Kier molecular flexibility index (Phi) is 7.99. The summed E-state index contributed by atoms with van der Waals surface area (Å²) >= 11 is 0. The van der Waals surface area contributed by atoms with Crippen LogP contribution in [0.15, 0.2) is 17.1 Å². The lowest BCUT2D eigenvalue weighted by Gasteiger charge is -2.38. The molecule has 3 fully saturated rings. The molecular formula is C27H37FN2O6. The summed E-state index contributed by atoms with van der Waals surface area (Å²) in [4.78, 5) is 30.1. The fourth-order valence-corrected chi connectivity index (χ4v) is 5.09. The minimum absolute atomic E-state index is 0.0392. The van der Waals surface area contributed by atoms with E-state index < -0.39 is 17.6 Å². The first-order valence-corrected chi connectivity index (χ1v) is 12.8. The summed E-state index contributed by atoms with van der Waals surface area (Å²) in [5.41, 5.74) is 0.401. The third-order valence-electron chi connectivity index (χ3n) is 8.05. The number of hydrogen-bond donors (Lipinski definition) is 2. The van der Waals surface area contributed by atoms with Gasteiger partial charge in [0.2, 0.25) is 5.91 Å². The number of benzene rings is 1. The molecule has 8 nitrogen and oxygen atoms in total. The van der Waals surface area contributed by atoms with Gasteiger partial charge in [0.1, 0.15) is 11.7 Å². The molecule has 2 aliphatic carbocycles. The lowest BCUT2D eigenvalue weighted by atomic mass is 9.70. The summed E-state index contributed by atoms with van der Waals surface area (Å²) in [5, 5.41) is 12.6. The normalized spacial score (nSPS) is 28.4. The number of nitrogens with one attached hydrogen (secondary N) is 1. The van der Waals surface area contributed by atoms with E-state index in [4.69, 9.17) is 14.2 Å². The van der Waals surface area contributed by atoms with Crippen molar-refractivity contribution in [2.75, 3.05) is 33.5 Å². The van der Waals surface area contributed by atoms with Crippen molar-refractivity contribution in [2.45, 2.75) is 64.9 Å². The molecule has 0 bridgehead atoms. The summed E-state index contributed by atoms with van der Waals surface area (Å²) in [6.07, 6.45) is 6.04. The molecule has 1 aromatic carbocycles. The average Bonchev–Trinajstić information content (AvgIpc) is 3.31. The number of amides is 2. The Morgan fingerprint density at radius 3 is 2.50 bits per heavy atom. The van der Waals surface area contributed by atoms with Crippen LogP contribution in [0.1, 0.15) is 69.2 Å². The average molecular weight is 505 g/mol. The topological polar surface area (TPSA) is 106 Å². The number of halogens is 1. The maximum absolute atomic E-state index is 14.8. The van der Waals surface area contributed by atoms with E-state index in [1.165, 1.54) is 19.6 Å². The Morgan fingerprint density at radius 2 is 1.89 bits per heavy atom. The van der Waals surface area contributed by atoms with Gasteiger partial charge < -0.3 is 24.6 Å². The molecule has 9 heteroatoms. The number of aliphatic hydroxyl groups excluding tert-OH is 1. The van der Waals surface area contributed by atoms with Crippen molar-refractivity contribution in [3.8, 4) is 11.5 Å². The van der Waals surface area contributed by atoms with E-state index in [-0.39, 0.29) is 59.7 Å². The smallest absolute Gasteiger partial charge is 0.280 e. The number of hydrogen-bond acceptors (Lipinski definition) is 6. The minimum Gasteiger partial charge on any atom is -0.496 e. The van der Waals surface area contributed by atoms with E-state index in [1.807, 2.05) is 6.92 Å². The van der Waals surface area contributed by atoms with Crippen LogP contribution in [0, 0.1) is 22.6 Å². The van der Waals surface area contributed by atoms with Crippen LogP contribution in [0.5, 0.6) is 11.5 Å². The Morgan fingerprint density at radius 1 is 1.17 bits per heavy atom. The van der Waals surface area contributed by atoms with Crippen LogP contribution in [0.25, 0.3) is 0 Å². The summed E-state index contributed by atoms with van der Waals surface area (Å²) in [7, 11) is 1.35. The van der Waals surface area contributed by atoms with Gasteiger partial charge in [0.15, 0.2) is 11.6 Å². The molecule has 1 aromatic rings. The van der Waals surface area contributed by atoms with Gasteiger partial charge in [0.05, 0.1) is 37.7 Å². The van der Waals surface area contributed by atoms with Crippen LogP contribution in [0.3, 0.4) is 0 Å². The quantitative estimate of drug-likeness (QED) is 0.559. The molecule has 36 heavy (non-hydrogen) atoms. The molecule has 0 spiro atoms. The van der Waals surface area contributed by atoms with Crippen molar-refractivity contribution in [2.24, 2.45) is 21.7 Å². The molecule has 2 saturated carbocycles. The molecule has 0 aromatic heterocycles. The second kappa shape index (κ2) is 10.8. The zero-order valence-electron chi connectivity index (χ0n) is 21.4. The van der Waals surface area contributed by atoms with Gasteiger partial charge in [0, 0.05) is 19.2 Å². The molecule has 3 aliphatic rings. The van der Waals surface area contributed by atoms with Crippen molar-refractivity contribution in [3.63, 3.8) is 0 Å². The van der Waals surface area contributed by atoms with Gasteiger partial charge in [-0.05, 0) is 55.4 Å². The highest BCUT2D eigenvalue weighted by molar-refractivity contribution is 6.13. The molecule has 198 valence electrons. The van der Waals surface area contributed by atoms with Crippen LogP contribution < -0.4 is 14.8 Å². The number of methoxy groups -OCH3 is 1. The van der Waals surface area contributed by atoms with Gasteiger partial charge in [-0.2, -0.15) is 0 Å². The van der Waals surface area contributed by atoms with E-state index in [1.54, 1.807) is 0 Å². The van der Waals surface area contributed by atoms with E-state index in [2.05, 4.69) is 17.2 Å². The molecule has 1 aliphatic heterocycles. The molecule has 2 amide bonds. The third kappa shape index (κ3) is 5.89. The Bertz CT molecular complexity index is 1010. The molecule has 1 heterocycles. The SMILES string of the molecule is COc1cc(F)c(OC2CCC(C)(CO)CC2)cc1C(=O)/N=C1\COCC1C(=O)NCC1(C)CCC1. The van der Waals surface area contributed by atoms with Gasteiger partial charge in [-0.3, -0.25) is 9.59 Å². The molecule has 1 unspecified atom stereocenters. The minimum atomic E-state index is -0.641. The molecule has 2 N–H and O–H groups in total. The predicted molar refractivity (Wildman–Crippen MR) is 132 cm³/mol. The van der Waals surface area contributed by atoms with Crippen molar-refractivity contribution in [1.29, 1.82) is 0 Å². The number of carbonyl (C=O) groups excluding carboxylic acids is 2. The standard InChI is InChI=1S/C27H37FN2O6/c1-26(7-4-8-26)15-29-24(32)19-13-35-14-21(19)30-25(33)18-11-23(20(28)12-22(18)34-3)36-17-5-9-27(2,16-31)10-6-17/h11-12,17,19,31H,4-10,13-16H2,1-3H3,(H,29,32)/b30-21+. The van der Waals surface area contributed by atoms with Crippen LogP contribution in [-0.2, 0) is 9.53 Å². The zero-order valence-corrected chi connectivity index (χ0v) is 21.4. The number of ether oxygens (including phenoxy) is 3. The number of rotatable bonds is 8. The van der Waals surface area contributed by atoms with E-state index in [9.17, 15) is 19.1 Å². The monoisotopic (exact) mass is 504 g/mol. The highest BCUT2D eigenvalue weighted by Gasteiger charge is 2.36. The molecule has 0 radical (unpaired) electrons. The fourth-order valence-electron chi connectivity index (χ4n) is 5.09. The molecular weight excluding hydrogens is 467 g/mol. The first-order valence-electron chi connectivity index (χ1n) is 12.8.